The third-order valence-corrected chi connectivity index (χ3v) is 6.20. The number of carbonyl (C=O) groups excluding carboxylic acids is 2. The maximum atomic E-state index is 13.3. The predicted octanol–water partition coefficient (Wildman–Crippen LogP) is 2.39. The van der Waals surface area contributed by atoms with E-state index < -0.39 is 29.0 Å². The van der Waals surface area contributed by atoms with E-state index in [1.54, 1.807) is 16.6 Å². The highest BCUT2D eigenvalue weighted by atomic mass is 16.5. The Bertz CT molecular complexity index is 1200. The van der Waals surface area contributed by atoms with Gasteiger partial charge in [-0.25, -0.2) is 0 Å². The summed E-state index contributed by atoms with van der Waals surface area (Å²) >= 11 is 0. The van der Waals surface area contributed by atoms with Gasteiger partial charge in [0.1, 0.15) is 5.56 Å². The number of hydrogen-bond donors (Lipinski definition) is 2. The van der Waals surface area contributed by atoms with Gasteiger partial charge in [-0.05, 0) is 11.1 Å². The highest BCUT2D eigenvalue weighted by Gasteiger charge is 2.39. The number of nitrogens with zero attached hydrogens (tertiary/aromatic N) is 2. The fraction of sp³-hybridized carbons (Fsp3) is 0.269. The molecule has 4 rings (SSSR count). The van der Waals surface area contributed by atoms with Gasteiger partial charge in [0.05, 0.1) is 12.6 Å². The number of carbonyl (C=O) groups is 2. The van der Waals surface area contributed by atoms with Gasteiger partial charge in [-0.3, -0.25) is 14.4 Å². The normalized spacial score (nSPS) is 15.3. The zero-order chi connectivity index (χ0) is 24.2. The van der Waals surface area contributed by atoms with E-state index in [1.165, 1.54) is 13.2 Å². The van der Waals surface area contributed by atoms with Crippen LogP contribution in [0.5, 0.6) is 5.75 Å². The second-order valence-electron chi connectivity index (χ2n) is 8.17. The molecule has 2 amide bonds. The van der Waals surface area contributed by atoms with Crippen molar-refractivity contribution in [2.45, 2.75) is 12.0 Å². The second kappa shape index (κ2) is 9.93. The zero-order valence-electron chi connectivity index (χ0n) is 19.1. The van der Waals surface area contributed by atoms with E-state index >= 15 is 0 Å². The molecule has 0 saturated heterocycles. The van der Waals surface area contributed by atoms with E-state index in [1.807, 2.05) is 60.7 Å². The lowest BCUT2D eigenvalue weighted by Gasteiger charge is -2.40. The van der Waals surface area contributed by atoms with E-state index in [-0.39, 0.29) is 17.2 Å². The molecule has 0 aliphatic carbocycles. The fourth-order valence-electron chi connectivity index (χ4n) is 4.55. The first-order chi connectivity index (χ1) is 16.5. The molecule has 0 bridgehead atoms. The minimum atomic E-state index is -0.873. The van der Waals surface area contributed by atoms with Gasteiger partial charge < -0.3 is 24.6 Å². The van der Waals surface area contributed by atoms with Crippen molar-refractivity contribution >= 4 is 11.8 Å². The van der Waals surface area contributed by atoms with Gasteiger partial charge in [0.2, 0.25) is 5.43 Å². The number of fused-ring (bicyclic) bond motifs is 1. The third kappa shape index (κ3) is 4.20. The molecule has 0 fully saturated rings. The smallest absolute Gasteiger partial charge is 0.274 e. The molecule has 3 aromatic rings. The molecule has 1 aromatic heterocycles. The summed E-state index contributed by atoms with van der Waals surface area (Å²) in [5.74, 6) is -2.05. The first-order valence-electron chi connectivity index (χ1n) is 11.1. The molecule has 2 aromatic carbocycles. The van der Waals surface area contributed by atoms with E-state index in [9.17, 15) is 19.5 Å². The predicted molar refractivity (Wildman–Crippen MR) is 127 cm³/mol. The number of aromatic nitrogens is 1. The van der Waals surface area contributed by atoms with Gasteiger partial charge in [-0.1, -0.05) is 60.7 Å². The van der Waals surface area contributed by atoms with Crippen LogP contribution in [0.4, 0.5) is 0 Å². The molecule has 2 heterocycles. The lowest BCUT2D eigenvalue weighted by atomic mass is 9.83. The Kier molecular flexibility index (Phi) is 6.79. The van der Waals surface area contributed by atoms with Crippen LogP contribution in [0.25, 0.3) is 0 Å². The third-order valence-electron chi connectivity index (χ3n) is 6.20. The summed E-state index contributed by atoms with van der Waals surface area (Å²) in [6.07, 6.45) is 1.39. The van der Waals surface area contributed by atoms with Gasteiger partial charge in [-0.15, -0.1) is 0 Å². The van der Waals surface area contributed by atoms with Crippen LogP contribution in [0.15, 0.2) is 71.7 Å². The SMILES string of the molecule is CNC(=O)c1cn2c(c(O)c1=O)C(=O)N(CCOC)C[C@@H]2C(c1ccccc1)c1ccccc1. The Hall–Kier alpha value is -3.91. The molecular formula is C26H27N3O5. The number of nitrogens with one attached hydrogen (secondary N) is 1. The molecular weight excluding hydrogens is 434 g/mol. The maximum Gasteiger partial charge on any atom is 0.274 e. The monoisotopic (exact) mass is 461 g/mol. The van der Waals surface area contributed by atoms with Crippen LogP contribution in [-0.4, -0.2) is 60.2 Å². The summed E-state index contributed by atoms with van der Waals surface area (Å²) in [5.41, 5.74) is 0.798. The van der Waals surface area contributed by atoms with E-state index in [4.69, 9.17) is 4.74 Å². The Morgan fingerprint density at radius 3 is 2.21 bits per heavy atom. The number of rotatable bonds is 7. The van der Waals surface area contributed by atoms with E-state index in [2.05, 4.69) is 5.32 Å². The molecule has 2 N–H and O–H groups in total. The standard InChI is InChI=1S/C26H27N3O5/c1-27-25(32)19-15-29-20(16-28(13-14-34-2)26(33)22(29)24(31)23(19)30)21(17-9-5-3-6-10-17)18-11-7-4-8-12-18/h3-12,15,20-21,31H,13-14,16H2,1-2H3,(H,27,32)/t20-/m1/s1. The van der Waals surface area contributed by atoms with Gasteiger partial charge in [-0.2, -0.15) is 0 Å². The summed E-state index contributed by atoms with van der Waals surface area (Å²) in [6, 6.07) is 19.3. The number of methoxy groups -OCH3 is 1. The molecule has 34 heavy (non-hydrogen) atoms. The Morgan fingerprint density at radius 2 is 1.68 bits per heavy atom. The van der Waals surface area contributed by atoms with Crippen molar-refractivity contribution in [1.82, 2.24) is 14.8 Å². The Balaban J connectivity index is 1.98. The maximum absolute atomic E-state index is 13.3. The highest BCUT2D eigenvalue weighted by molar-refractivity contribution is 5.99. The Morgan fingerprint density at radius 1 is 1.09 bits per heavy atom. The minimum absolute atomic E-state index is 0.123. The summed E-state index contributed by atoms with van der Waals surface area (Å²) in [5, 5.41) is 13.3. The number of benzene rings is 2. The minimum Gasteiger partial charge on any atom is -0.503 e. The van der Waals surface area contributed by atoms with Crippen molar-refractivity contribution in [2.24, 2.45) is 0 Å². The van der Waals surface area contributed by atoms with Crippen LogP contribution in [0.1, 0.15) is 43.9 Å². The molecule has 0 unspecified atom stereocenters. The molecule has 1 aliphatic rings. The molecule has 1 atom stereocenters. The number of hydrogen-bond acceptors (Lipinski definition) is 5. The van der Waals surface area contributed by atoms with Crippen LogP contribution in [0, 0.1) is 0 Å². The van der Waals surface area contributed by atoms with Gasteiger partial charge in [0.15, 0.2) is 11.4 Å². The molecule has 176 valence electrons. The van der Waals surface area contributed by atoms with Crippen molar-refractivity contribution < 1.29 is 19.4 Å². The van der Waals surface area contributed by atoms with Crippen LogP contribution < -0.4 is 10.7 Å². The number of pyridine rings is 1. The largest absolute Gasteiger partial charge is 0.503 e. The van der Waals surface area contributed by atoms with Gasteiger partial charge in [0.25, 0.3) is 11.8 Å². The number of aromatic hydroxyl groups is 1. The summed E-state index contributed by atoms with van der Waals surface area (Å²) in [7, 11) is 2.96. The van der Waals surface area contributed by atoms with Crippen molar-refractivity contribution in [3.05, 3.63) is 99.5 Å². The lowest BCUT2D eigenvalue weighted by Crippen LogP contribution is -2.47. The summed E-state index contributed by atoms with van der Waals surface area (Å²) < 4.78 is 6.78. The average Bonchev–Trinajstić information content (AvgIpc) is 2.87. The number of ether oxygens (including phenoxy) is 1. The van der Waals surface area contributed by atoms with Crippen LogP contribution >= 0.6 is 0 Å². The molecule has 0 radical (unpaired) electrons. The van der Waals surface area contributed by atoms with Crippen LogP contribution in [0.3, 0.4) is 0 Å². The van der Waals surface area contributed by atoms with E-state index in [0.29, 0.717) is 19.7 Å². The molecule has 0 spiro atoms. The summed E-state index contributed by atoms with van der Waals surface area (Å²) in [6.45, 7) is 0.910. The lowest BCUT2D eigenvalue weighted by molar-refractivity contribution is 0.0581. The van der Waals surface area contributed by atoms with Crippen LogP contribution in [0.2, 0.25) is 0 Å². The number of amides is 2. The molecule has 8 heteroatoms. The van der Waals surface area contributed by atoms with Crippen molar-refractivity contribution in [2.75, 3.05) is 33.9 Å². The Labute approximate surface area is 197 Å². The van der Waals surface area contributed by atoms with Crippen LogP contribution in [-0.2, 0) is 4.74 Å². The van der Waals surface area contributed by atoms with Gasteiger partial charge >= 0.3 is 0 Å². The van der Waals surface area contributed by atoms with Crippen molar-refractivity contribution in [3.63, 3.8) is 0 Å². The van der Waals surface area contributed by atoms with Crippen molar-refractivity contribution in [3.8, 4) is 5.75 Å². The topological polar surface area (TPSA) is 101 Å². The van der Waals surface area contributed by atoms with Crippen molar-refractivity contribution in [1.29, 1.82) is 0 Å². The fourth-order valence-corrected chi connectivity index (χ4v) is 4.55. The van der Waals surface area contributed by atoms with E-state index in [0.717, 1.165) is 11.1 Å². The average molecular weight is 462 g/mol. The quantitative estimate of drug-likeness (QED) is 0.563. The molecule has 1 aliphatic heterocycles. The first kappa shape index (κ1) is 23.3. The molecule has 8 nitrogen and oxygen atoms in total. The zero-order valence-corrected chi connectivity index (χ0v) is 19.1. The second-order valence-corrected chi connectivity index (χ2v) is 8.17. The summed E-state index contributed by atoms with van der Waals surface area (Å²) in [4.78, 5) is 40.2. The molecule has 0 saturated carbocycles. The highest BCUT2D eigenvalue weighted by Crippen LogP contribution is 2.40. The first-order valence-corrected chi connectivity index (χ1v) is 11.1. The van der Waals surface area contributed by atoms with Gasteiger partial charge in [0, 0.05) is 39.4 Å².